The van der Waals surface area contributed by atoms with E-state index in [9.17, 15) is 4.79 Å². The lowest BCUT2D eigenvalue weighted by Crippen LogP contribution is -2.48. The number of aryl methyl sites for hydroxylation is 1. The van der Waals surface area contributed by atoms with E-state index in [0.717, 1.165) is 34.6 Å². The number of hydrogen-bond acceptors (Lipinski definition) is 4. The van der Waals surface area contributed by atoms with Crippen LogP contribution in [0.15, 0.2) is 71.9 Å². The molecular weight excluding hydrogens is 414 g/mol. The summed E-state index contributed by atoms with van der Waals surface area (Å²) in [4.78, 5) is 21.9. The molecule has 3 aromatic rings. The minimum atomic E-state index is 0.0566. The van der Waals surface area contributed by atoms with Crippen LogP contribution in [0.5, 0.6) is 0 Å². The number of anilines is 1. The highest BCUT2D eigenvalue weighted by Gasteiger charge is 2.24. The predicted octanol–water partition coefficient (Wildman–Crippen LogP) is 5.30. The van der Waals surface area contributed by atoms with Gasteiger partial charge in [-0.15, -0.1) is 11.8 Å². The summed E-state index contributed by atoms with van der Waals surface area (Å²) < 4.78 is 0. The Kier molecular flexibility index (Phi) is 6.60. The lowest BCUT2D eigenvalue weighted by molar-refractivity contribution is 0.0742. The van der Waals surface area contributed by atoms with E-state index in [4.69, 9.17) is 11.6 Å². The van der Waals surface area contributed by atoms with E-state index < -0.39 is 0 Å². The minimum absolute atomic E-state index is 0.0566. The van der Waals surface area contributed by atoms with Crippen molar-refractivity contribution >= 4 is 35.0 Å². The Bertz CT molecular complexity index is 1030. The van der Waals surface area contributed by atoms with E-state index in [0.29, 0.717) is 18.7 Å². The van der Waals surface area contributed by atoms with Crippen molar-refractivity contribution in [2.24, 2.45) is 0 Å². The van der Waals surface area contributed by atoms with Gasteiger partial charge in [-0.3, -0.25) is 4.79 Å². The van der Waals surface area contributed by atoms with Crippen molar-refractivity contribution in [1.29, 1.82) is 0 Å². The Morgan fingerprint density at radius 2 is 1.83 bits per heavy atom. The molecule has 0 spiro atoms. The second kappa shape index (κ2) is 9.54. The Morgan fingerprint density at radius 1 is 1.03 bits per heavy atom. The molecule has 6 heteroatoms. The molecule has 154 valence electrons. The van der Waals surface area contributed by atoms with Crippen LogP contribution >= 0.6 is 23.4 Å². The normalized spacial score (nSPS) is 14.1. The number of rotatable bonds is 5. The number of piperazine rings is 1. The van der Waals surface area contributed by atoms with Gasteiger partial charge in [0.05, 0.1) is 5.56 Å². The summed E-state index contributed by atoms with van der Waals surface area (Å²) in [6.07, 6.45) is 1.76. The SMILES string of the molecule is Cc1ccccc1CSc1ncccc1C(=O)N1CCN(c2cccc(Cl)c2)CC1. The Hall–Kier alpha value is -2.50. The first-order valence-corrected chi connectivity index (χ1v) is 11.4. The van der Waals surface area contributed by atoms with Gasteiger partial charge in [0.2, 0.25) is 0 Å². The second-order valence-electron chi connectivity index (χ2n) is 7.33. The molecule has 1 saturated heterocycles. The lowest BCUT2D eigenvalue weighted by atomic mass is 10.1. The van der Waals surface area contributed by atoms with E-state index in [1.807, 2.05) is 47.4 Å². The van der Waals surface area contributed by atoms with E-state index in [1.165, 1.54) is 11.1 Å². The van der Waals surface area contributed by atoms with Crippen molar-refractivity contribution in [2.45, 2.75) is 17.7 Å². The first kappa shape index (κ1) is 20.8. The zero-order valence-corrected chi connectivity index (χ0v) is 18.5. The number of carbonyl (C=O) groups is 1. The van der Waals surface area contributed by atoms with E-state index >= 15 is 0 Å². The fourth-order valence-electron chi connectivity index (χ4n) is 3.60. The van der Waals surface area contributed by atoms with Crippen molar-refractivity contribution in [1.82, 2.24) is 9.88 Å². The third kappa shape index (κ3) is 4.79. The first-order valence-electron chi connectivity index (χ1n) is 10.0. The highest BCUT2D eigenvalue weighted by molar-refractivity contribution is 7.98. The topological polar surface area (TPSA) is 36.4 Å². The molecule has 0 bridgehead atoms. The fraction of sp³-hybridized carbons (Fsp3) is 0.250. The van der Waals surface area contributed by atoms with Gasteiger partial charge in [0.25, 0.3) is 5.91 Å². The number of benzene rings is 2. The molecule has 0 aliphatic carbocycles. The highest BCUT2D eigenvalue weighted by atomic mass is 35.5. The molecule has 2 heterocycles. The first-order chi connectivity index (χ1) is 14.6. The molecule has 0 unspecified atom stereocenters. The maximum atomic E-state index is 13.2. The molecule has 1 aromatic heterocycles. The number of nitrogens with zero attached hydrogens (tertiary/aromatic N) is 3. The van der Waals surface area contributed by atoms with Crippen LogP contribution in [0.25, 0.3) is 0 Å². The average molecular weight is 438 g/mol. The third-order valence-electron chi connectivity index (χ3n) is 5.37. The van der Waals surface area contributed by atoms with Crippen LogP contribution in [-0.2, 0) is 5.75 Å². The van der Waals surface area contributed by atoms with Crippen LogP contribution in [0.2, 0.25) is 5.02 Å². The summed E-state index contributed by atoms with van der Waals surface area (Å²) in [6, 6.07) is 19.9. The van der Waals surface area contributed by atoms with Crippen LogP contribution < -0.4 is 4.90 Å². The molecule has 0 N–H and O–H groups in total. The maximum Gasteiger partial charge on any atom is 0.256 e. The lowest BCUT2D eigenvalue weighted by Gasteiger charge is -2.36. The largest absolute Gasteiger partial charge is 0.368 e. The van der Waals surface area contributed by atoms with Gasteiger partial charge in [-0.1, -0.05) is 41.9 Å². The van der Waals surface area contributed by atoms with Gasteiger partial charge >= 0.3 is 0 Å². The smallest absolute Gasteiger partial charge is 0.256 e. The number of halogens is 1. The van der Waals surface area contributed by atoms with Gasteiger partial charge in [0, 0.05) is 48.8 Å². The molecule has 4 nitrogen and oxygen atoms in total. The number of thioether (sulfide) groups is 1. The quantitative estimate of drug-likeness (QED) is 0.507. The monoisotopic (exact) mass is 437 g/mol. The van der Waals surface area contributed by atoms with E-state index in [-0.39, 0.29) is 5.91 Å². The number of hydrogen-bond donors (Lipinski definition) is 0. The zero-order chi connectivity index (χ0) is 20.9. The van der Waals surface area contributed by atoms with Crippen molar-refractivity contribution in [3.8, 4) is 0 Å². The maximum absolute atomic E-state index is 13.2. The Balaban J connectivity index is 1.42. The van der Waals surface area contributed by atoms with Crippen molar-refractivity contribution in [3.05, 3.63) is 88.6 Å². The molecule has 0 radical (unpaired) electrons. The minimum Gasteiger partial charge on any atom is -0.368 e. The molecule has 0 saturated carbocycles. The van der Waals surface area contributed by atoms with Crippen LogP contribution in [0, 0.1) is 6.92 Å². The molecule has 1 aliphatic heterocycles. The second-order valence-corrected chi connectivity index (χ2v) is 8.73. The van der Waals surface area contributed by atoms with Crippen LogP contribution in [0.4, 0.5) is 5.69 Å². The van der Waals surface area contributed by atoms with Crippen LogP contribution in [0.1, 0.15) is 21.5 Å². The zero-order valence-electron chi connectivity index (χ0n) is 16.9. The molecule has 30 heavy (non-hydrogen) atoms. The van der Waals surface area contributed by atoms with Gasteiger partial charge in [0.15, 0.2) is 0 Å². The molecule has 2 aromatic carbocycles. The van der Waals surface area contributed by atoms with Crippen molar-refractivity contribution in [2.75, 3.05) is 31.1 Å². The van der Waals surface area contributed by atoms with Crippen LogP contribution in [0.3, 0.4) is 0 Å². The van der Waals surface area contributed by atoms with Crippen LogP contribution in [-0.4, -0.2) is 42.0 Å². The third-order valence-corrected chi connectivity index (χ3v) is 6.66. The number of carbonyl (C=O) groups excluding carboxylic acids is 1. The van der Waals surface area contributed by atoms with Gasteiger partial charge < -0.3 is 9.80 Å². The molecule has 1 fully saturated rings. The molecule has 1 amide bonds. The van der Waals surface area contributed by atoms with Gasteiger partial charge in [-0.25, -0.2) is 4.98 Å². The van der Waals surface area contributed by atoms with Crippen molar-refractivity contribution in [3.63, 3.8) is 0 Å². The summed E-state index contributed by atoms with van der Waals surface area (Å²) in [5, 5.41) is 1.53. The summed E-state index contributed by atoms with van der Waals surface area (Å²) in [5.74, 6) is 0.855. The van der Waals surface area contributed by atoms with Gasteiger partial charge in [-0.2, -0.15) is 0 Å². The molecular formula is C24H24ClN3OS. The van der Waals surface area contributed by atoms with Gasteiger partial charge in [0.1, 0.15) is 5.03 Å². The molecule has 1 aliphatic rings. The Labute approximate surface area is 186 Å². The van der Waals surface area contributed by atoms with Crippen molar-refractivity contribution < 1.29 is 4.79 Å². The summed E-state index contributed by atoms with van der Waals surface area (Å²) in [5.41, 5.74) is 4.31. The predicted molar refractivity (Wildman–Crippen MR) is 125 cm³/mol. The fourth-order valence-corrected chi connectivity index (χ4v) is 4.84. The molecule has 4 rings (SSSR count). The standard InChI is InChI=1S/C24H24ClN3OS/c1-18-6-2-3-7-19(18)17-30-23-22(10-5-11-26-23)24(29)28-14-12-27(13-15-28)21-9-4-8-20(25)16-21/h2-11,16H,12-15,17H2,1H3. The summed E-state index contributed by atoms with van der Waals surface area (Å²) in [6.45, 7) is 5.06. The average Bonchev–Trinajstić information content (AvgIpc) is 2.78. The number of aromatic nitrogens is 1. The highest BCUT2D eigenvalue weighted by Crippen LogP contribution is 2.27. The number of pyridine rings is 1. The summed E-state index contributed by atoms with van der Waals surface area (Å²) >= 11 is 7.75. The number of amides is 1. The van der Waals surface area contributed by atoms with E-state index in [2.05, 4.69) is 35.0 Å². The Morgan fingerprint density at radius 3 is 2.60 bits per heavy atom. The van der Waals surface area contributed by atoms with E-state index in [1.54, 1.807) is 18.0 Å². The van der Waals surface area contributed by atoms with Gasteiger partial charge in [-0.05, 0) is 48.4 Å². The molecule has 0 atom stereocenters. The summed E-state index contributed by atoms with van der Waals surface area (Å²) in [7, 11) is 0.